The number of carbonyl (C=O) groups is 2. The van der Waals surface area contributed by atoms with Gasteiger partial charge < -0.3 is 21.1 Å². The van der Waals surface area contributed by atoms with Crippen molar-refractivity contribution >= 4 is 40.7 Å². The second-order valence-electron chi connectivity index (χ2n) is 5.37. The highest BCUT2D eigenvalue weighted by Gasteiger charge is 2.26. The molecule has 0 saturated carbocycles. The number of ether oxygens (including phenoxy) is 1. The molecular formula is C15H19Cl2N3O3. The number of carbonyl (C=O) groups excluding carboxylic acids is 2. The third kappa shape index (κ3) is 5.35. The number of benzene rings is 1. The van der Waals surface area contributed by atoms with E-state index in [1.807, 2.05) is 0 Å². The zero-order valence-electron chi connectivity index (χ0n) is 12.5. The van der Waals surface area contributed by atoms with Gasteiger partial charge in [-0.3, -0.25) is 9.59 Å². The van der Waals surface area contributed by atoms with Crippen LogP contribution in [0.25, 0.3) is 0 Å². The minimum atomic E-state index is -0.638. The van der Waals surface area contributed by atoms with Crippen molar-refractivity contribution in [2.45, 2.75) is 18.9 Å². The van der Waals surface area contributed by atoms with Gasteiger partial charge in [0.1, 0.15) is 0 Å². The van der Waals surface area contributed by atoms with E-state index in [0.717, 1.165) is 12.8 Å². The predicted molar refractivity (Wildman–Crippen MR) is 89.6 cm³/mol. The van der Waals surface area contributed by atoms with Crippen molar-refractivity contribution in [3.05, 3.63) is 28.2 Å². The zero-order chi connectivity index (χ0) is 16.8. The zero-order valence-corrected chi connectivity index (χ0v) is 14.0. The van der Waals surface area contributed by atoms with Crippen LogP contribution in [0, 0.1) is 5.92 Å². The van der Waals surface area contributed by atoms with Crippen molar-refractivity contribution in [2.75, 3.05) is 25.1 Å². The third-order valence-corrected chi connectivity index (χ3v) is 4.27. The number of halogens is 2. The molecule has 1 heterocycles. The van der Waals surface area contributed by atoms with E-state index in [9.17, 15) is 9.59 Å². The van der Waals surface area contributed by atoms with Crippen LogP contribution in [0.3, 0.4) is 0 Å². The lowest BCUT2D eigenvalue weighted by Crippen LogP contribution is -2.48. The molecule has 0 aromatic heterocycles. The summed E-state index contributed by atoms with van der Waals surface area (Å²) in [6, 6.07) is 4.10. The summed E-state index contributed by atoms with van der Waals surface area (Å²) < 4.78 is 5.24. The Bertz CT molecular complexity index is 577. The molecule has 0 spiro atoms. The van der Waals surface area contributed by atoms with Crippen LogP contribution in [0.1, 0.15) is 12.8 Å². The van der Waals surface area contributed by atoms with Crippen LogP contribution >= 0.6 is 23.2 Å². The maximum absolute atomic E-state index is 12.0. The van der Waals surface area contributed by atoms with Gasteiger partial charge in [-0.2, -0.15) is 0 Å². The highest BCUT2D eigenvalue weighted by molar-refractivity contribution is 6.35. The molecule has 1 saturated heterocycles. The van der Waals surface area contributed by atoms with Crippen molar-refractivity contribution in [1.82, 2.24) is 5.32 Å². The van der Waals surface area contributed by atoms with Crippen molar-refractivity contribution in [3.8, 4) is 0 Å². The van der Waals surface area contributed by atoms with E-state index in [1.165, 1.54) is 6.07 Å². The highest BCUT2D eigenvalue weighted by Crippen LogP contribution is 2.25. The average Bonchev–Trinajstić information content (AvgIpc) is 2.56. The molecular weight excluding hydrogens is 341 g/mol. The number of nitrogens with two attached hydrogens (primary N) is 1. The molecule has 1 aliphatic rings. The molecule has 0 bridgehead atoms. The molecule has 6 nitrogen and oxygen atoms in total. The molecule has 23 heavy (non-hydrogen) atoms. The first kappa shape index (κ1) is 18.0. The Labute approximate surface area is 144 Å². The third-order valence-electron chi connectivity index (χ3n) is 3.70. The maximum Gasteiger partial charge on any atom is 0.243 e. The summed E-state index contributed by atoms with van der Waals surface area (Å²) in [4.78, 5) is 23.9. The molecule has 0 radical (unpaired) electrons. The van der Waals surface area contributed by atoms with Crippen LogP contribution in [0.2, 0.25) is 10.0 Å². The Kier molecular flexibility index (Phi) is 6.65. The molecule has 1 unspecified atom stereocenters. The second-order valence-corrected chi connectivity index (χ2v) is 6.21. The predicted octanol–water partition coefficient (Wildman–Crippen LogP) is 1.80. The fraction of sp³-hybridized carbons (Fsp3) is 0.467. The van der Waals surface area contributed by atoms with E-state index in [-0.39, 0.29) is 18.4 Å². The van der Waals surface area contributed by atoms with Crippen LogP contribution in [-0.4, -0.2) is 37.6 Å². The maximum atomic E-state index is 12.0. The molecule has 1 aromatic carbocycles. The number of rotatable bonds is 5. The summed E-state index contributed by atoms with van der Waals surface area (Å²) in [5, 5.41) is 5.96. The van der Waals surface area contributed by atoms with E-state index < -0.39 is 11.9 Å². The molecule has 1 fully saturated rings. The average molecular weight is 360 g/mol. The topological polar surface area (TPSA) is 93.5 Å². The van der Waals surface area contributed by atoms with Crippen LogP contribution in [0.15, 0.2) is 18.2 Å². The molecule has 1 aliphatic heterocycles. The SMILES string of the molecule is NC(C(=O)NCC(=O)Nc1cc(Cl)ccc1Cl)C1CCOCC1. The summed E-state index contributed by atoms with van der Waals surface area (Å²) in [6.45, 7) is 1.04. The van der Waals surface area contributed by atoms with Gasteiger partial charge in [-0.1, -0.05) is 23.2 Å². The number of anilines is 1. The number of amides is 2. The van der Waals surface area contributed by atoms with E-state index >= 15 is 0 Å². The summed E-state index contributed by atoms with van der Waals surface area (Å²) in [7, 11) is 0. The number of hydrogen-bond acceptors (Lipinski definition) is 4. The minimum absolute atomic E-state index is 0.0779. The molecule has 4 N–H and O–H groups in total. The Morgan fingerprint density at radius 1 is 1.30 bits per heavy atom. The molecule has 1 atom stereocenters. The van der Waals surface area contributed by atoms with E-state index in [2.05, 4.69) is 10.6 Å². The van der Waals surface area contributed by atoms with Gasteiger partial charge in [0.15, 0.2) is 0 Å². The first-order chi connectivity index (χ1) is 11.0. The fourth-order valence-electron chi connectivity index (χ4n) is 2.36. The molecule has 2 amide bonds. The second kappa shape index (κ2) is 8.49. The Balaban J connectivity index is 1.81. The first-order valence-electron chi connectivity index (χ1n) is 7.33. The van der Waals surface area contributed by atoms with E-state index in [4.69, 9.17) is 33.7 Å². The van der Waals surface area contributed by atoms with Crippen molar-refractivity contribution in [3.63, 3.8) is 0 Å². The van der Waals surface area contributed by atoms with Crippen LogP contribution in [0.4, 0.5) is 5.69 Å². The summed E-state index contributed by atoms with van der Waals surface area (Å²) >= 11 is 11.8. The lowest BCUT2D eigenvalue weighted by molar-refractivity contribution is -0.126. The van der Waals surface area contributed by atoms with Crippen LogP contribution < -0.4 is 16.4 Å². The smallest absolute Gasteiger partial charge is 0.243 e. The normalized spacial score (nSPS) is 16.7. The standard InChI is InChI=1S/C15H19Cl2N3O3/c16-10-1-2-11(17)12(7-10)20-13(21)8-19-15(22)14(18)9-3-5-23-6-4-9/h1-2,7,9,14H,3-6,8,18H2,(H,19,22)(H,20,21). The number of hydrogen-bond donors (Lipinski definition) is 3. The van der Waals surface area contributed by atoms with Crippen LogP contribution in [0.5, 0.6) is 0 Å². The molecule has 126 valence electrons. The van der Waals surface area contributed by atoms with Gasteiger partial charge in [0, 0.05) is 18.2 Å². The van der Waals surface area contributed by atoms with Crippen molar-refractivity contribution in [2.24, 2.45) is 11.7 Å². The van der Waals surface area contributed by atoms with Gasteiger partial charge in [-0.05, 0) is 37.0 Å². The molecule has 1 aromatic rings. The molecule has 8 heteroatoms. The minimum Gasteiger partial charge on any atom is -0.381 e. The number of nitrogens with one attached hydrogen (secondary N) is 2. The van der Waals surface area contributed by atoms with Gasteiger partial charge in [-0.15, -0.1) is 0 Å². The lowest BCUT2D eigenvalue weighted by Gasteiger charge is -2.26. The van der Waals surface area contributed by atoms with Gasteiger partial charge in [0.2, 0.25) is 11.8 Å². The van der Waals surface area contributed by atoms with Crippen molar-refractivity contribution in [1.29, 1.82) is 0 Å². The first-order valence-corrected chi connectivity index (χ1v) is 8.09. The summed E-state index contributed by atoms with van der Waals surface area (Å²) in [5.74, 6) is -0.667. The Morgan fingerprint density at radius 3 is 2.70 bits per heavy atom. The quantitative estimate of drug-likeness (QED) is 0.747. The lowest BCUT2D eigenvalue weighted by atomic mass is 9.92. The van der Waals surface area contributed by atoms with Gasteiger partial charge in [0.05, 0.1) is 23.3 Å². The van der Waals surface area contributed by atoms with Crippen LogP contribution in [-0.2, 0) is 14.3 Å². The van der Waals surface area contributed by atoms with E-state index in [0.29, 0.717) is 28.9 Å². The van der Waals surface area contributed by atoms with Crippen molar-refractivity contribution < 1.29 is 14.3 Å². The van der Waals surface area contributed by atoms with E-state index in [1.54, 1.807) is 12.1 Å². The summed E-state index contributed by atoms with van der Waals surface area (Å²) in [6.07, 6.45) is 1.50. The Morgan fingerprint density at radius 2 is 2.00 bits per heavy atom. The fourth-order valence-corrected chi connectivity index (χ4v) is 2.70. The summed E-state index contributed by atoms with van der Waals surface area (Å²) in [5.41, 5.74) is 6.33. The molecule has 2 rings (SSSR count). The Hall–Kier alpha value is -1.34. The van der Waals surface area contributed by atoms with Gasteiger partial charge >= 0.3 is 0 Å². The molecule has 0 aliphatic carbocycles. The van der Waals surface area contributed by atoms with Gasteiger partial charge in [-0.25, -0.2) is 0 Å². The largest absolute Gasteiger partial charge is 0.381 e. The monoisotopic (exact) mass is 359 g/mol. The highest BCUT2D eigenvalue weighted by atomic mass is 35.5. The van der Waals surface area contributed by atoms with Gasteiger partial charge in [0.25, 0.3) is 0 Å².